The standard InChI is InChI=1S/C18H21BrN2O3S/c1-12(2)17(21-25(23,24)15-7-5-4-6-8-15)18(22)20-14-9-10-16(19)13(3)11-14/h4-12,17,21H,1-3H3,(H,20,22)/t17-/m0/s1. The highest BCUT2D eigenvalue weighted by Gasteiger charge is 2.28. The fraction of sp³-hybridized carbons (Fsp3) is 0.278. The number of nitrogens with one attached hydrogen (secondary N) is 2. The lowest BCUT2D eigenvalue weighted by Gasteiger charge is -2.22. The molecule has 5 nitrogen and oxygen atoms in total. The van der Waals surface area contributed by atoms with Crippen LogP contribution in [-0.2, 0) is 14.8 Å². The van der Waals surface area contributed by atoms with E-state index in [1.165, 1.54) is 12.1 Å². The van der Waals surface area contributed by atoms with Gasteiger partial charge in [-0.1, -0.05) is 48.0 Å². The topological polar surface area (TPSA) is 75.3 Å². The first-order chi connectivity index (χ1) is 11.7. The molecule has 0 aromatic heterocycles. The molecule has 2 rings (SSSR count). The zero-order valence-corrected chi connectivity index (χ0v) is 16.7. The molecule has 2 N–H and O–H groups in total. The second-order valence-corrected chi connectivity index (χ2v) is 8.68. The van der Waals surface area contributed by atoms with E-state index in [-0.39, 0.29) is 10.8 Å². The second kappa shape index (κ2) is 8.12. The lowest BCUT2D eigenvalue weighted by molar-refractivity contribution is -0.118. The minimum Gasteiger partial charge on any atom is -0.325 e. The number of hydrogen-bond acceptors (Lipinski definition) is 3. The molecule has 2 aromatic rings. The normalized spacial score (nSPS) is 12.8. The zero-order chi connectivity index (χ0) is 18.6. The first-order valence-corrected chi connectivity index (χ1v) is 10.1. The van der Waals surface area contributed by atoms with Crippen molar-refractivity contribution in [3.8, 4) is 0 Å². The molecular formula is C18H21BrN2O3S. The summed E-state index contributed by atoms with van der Waals surface area (Å²) in [6.07, 6.45) is 0. The van der Waals surface area contributed by atoms with E-state index in [4.69, 9.17) is 0 Å². The molecular weight excluding hydrogens is 404 g/mol. The van der Waals surface area contributed by atoms with Gasteiger partial charge in [0.05, 0.1) is 4.90 Å². The van der Waals surface area contributed by atoms with Gasteiger partial charge in [0, 0.05) is 10.2 Å². The minimum absolute atomic E-state index is 0.132. The van der Waals surface area contributed by atoms with E-state index in [1.807, 2.05) is 19.1 Å². The summed E-state index contributed by atoms with van der Waals surface area (Å²) in [6.45, 7) is 5.51. The van der Waals surface area contributed by atoms with E-state index >= 15 is 0 Å². The number of carbonyl (C=O) groups is 1. The van der Waals surface area contributed by atoms with Crippen LogP contribution >= 0.6 is 15.9 Å². The largest absolute Gasteiger partial charge is 0.325 e. The first kappa shape index (κ1) is 19.6. The Hall–Kier alpha value is -1.70. The lowest BCUT2D eigenvalue weighted by atomic mass is 10.0. The van der Waals surface area contributed by atoms with Gasteiger partial charge in [-0.05, 0) is 48.7 Å². The van der Waals surface area contributed by atoms with Crippen molar-refractivity contribution in [1.82, 2.24) is 4.72 Å². The number of amides is 1. The van der Waals surface area contributed by atoms with Gasteiger partial charge in [-0.15, -0.1) is 0 Å². The van der Waals surface area contributed by atoms with Gasteiger partial charge in [0.15, 0.2) is 0 Å². The zero-order valence-electron chi connectivity index (χ0n) is 14.3. The molecule has 0 radical (unpaired) electrons. The smallest absolute Gasteiger partial charge is 0.242 e. The molecule has 0 heterocycles. The van der Waals surface area contributed by atoms with Crippen molar-refractivity contribution < 1.29 is 13.2 Å². The molecule has 7 heteroatoms. The highest BCUT2D eigenvalue weighted by molar-refractivity contribution is 9.10. The van der Waals surface area contributed by atoms with Crippen molar-refractivity contribution in [3.63, 3.8) is 0 Å². The summed E-state index contributed by atoms with van der Waals surface area (Å²) < 4.78 is 28.5. The van der Waals surface area contributed by atoms with Crippen molar-refractivity contribution in [2.75, 3.05) is 5.32 Å². The fourth-order valence-corrected chi connectivity index (χ4v) is 3.88. The summed E-state index contributed by atoms with van der Waals surface area (Å²) in [6, 6.07) is 12.6. The van der Waals surface area contributed by atoms with Crippen LogP contribution in [0.2, 0.25) is 0 Å². The third-order valence-electron chi connectivity index (χ3n) is 3.71. The number of hydrogen-bond donors (Lipinski definition) is 2. The van der Waals surface area contributed by atoms with E-state index < -0.39 is 22.0 Å². The Kier molecular flexibility index (Phi) is 6.37. The molecule has 0 aliphatic rings. The number of carbonyl (C=O) groups excluding carboxylic acids is 1. The highest BCUT2D eigenvalue weighted by atomic mass is 79.9. The average Bonchev–Trinajstić information content (AvgIpc) is 2.56. The summed E-state index contributed by atoms with van der Waals surface area (Å²) in [5, 5.41) is 2.78. The molecule has 0 bridgehead atoms. The Morgan fingerprint density at radius 2 is 1.72 bits per heavy atom. The third-order valence-corrected chi connectivity index (χ3v) is 6.06. The van der Waals surface area contributed by atoms with Gasteiger partial charge >= 0.3 is 0 Å². The maximum Gasteiger partial charge on any atom is 0.242 e. The SMILES string of the molecule is Cc1cc(NC(=O)[C@@H](NS(=O)(=O)c2ccccc2)C(C)C)ccc1Br. The second-order valence-electron chi connectivity index (χ2n) is 6.11. The van der Waals surface area contributed by atoms with Gasteiger partial charge in [0.1, 0.15) is 6.04 Å². The molecule has 2 aromatic carbocycles. The van der Waals surface area contributed by atoms with Crippen LogP contribution in [0.25, 0.3) is 0 Å². The third kappa shape index (κ3) is 5.14. The highest BCUT2D eigenvalue weighted by Crippen LogP contribution is 2.21. The average molecular weight is 425 g/mol. The summed E-state index contributed by atoms with van der Waals surface area (Å²) in [5.41, 5.74) is 1.60. The van der Waals surface area contributed by atoms with Gasteiger partial charge in [-0.25, -0.2) is 8.42 Å². The lowest BCUT2D eigenvalue weighted by Crippen LogP contribution is -2.47. The van der Waals surface area contributed by atoms with E-state index in [1.54, 1.807) is 38.1 Å². The van der Waals surface area contributed by atoms with Gasteiger partial charge in [0.2, 0.25) is 15.9 Å². The molecule has 0 aliphatic carbocycles. The van der Waals surface area contributed by atoms with Crippen LogP contribution in [0.3, 0.4) is 0 Å². The van der Waals surface area contributed by atoms with E-state index in [2.05, 4.69) is 26.0 Å². The summed E-state index contributed by atoms with van der Waals surface area (Å²) in [5.74, 6) is -0.605. The Morgan fingerprint density at radius 1 is 1.08 bits per heavy atom. The molecule has 25 heavy (non-hydrogen) atoms. The number of halogens is 1. The molecule has 1 amide bonds. The predicted molar refractivity (Wildman–Crippen MR) is 103 cm³/mol. The quantitative estimate of drug-likeness (QED) is 0.741. The maximum atomic E-state index is 12.6. The molecule has 0 fully saturated rings. The van der Waals surface area contributed by atoms with E-state index in [0.717, 1.165) is 10.0 Å². The first-order valence-electron chi connectivity index (χ1n) is 7.85. The van der Waals surface area contributed by atoms with Gasteiger partial charge in [-0.3, -0.25) is 4.79 Å². The molecule has 0 saturated carbocycles. The van der Waals surface area contributed by atoms with Crippen LogP contribution in [0.4, 0.5) is 5.69 Å². The number of rotatable bonds is 6. The van der Waals surface area contributed by atoms with Crippen LogP contribution in [0.5, 0.6) is 0 Å². The van der Waals surface area contributed by atoms with Crippen LogP contribution < -0.4 is 10.0 Å². The Labute approximate surface area is 157 Å². The van der Waals surface area contributed by atoms with Crippen LogP contribution in [0.1, 0.15) is 19.4 Å². The monoisotopic (exact) mass is 424 g/mol. The van der Waals surface area contributed by atoms with Crippen molar-refractivity contribution in [1.29, 1.82) is 0 Å². The molecule has 134 valence electrons. The van der Waals surface area contributed by atoms with Crippen LogP contribution in [-0.4, -0.2) is 20.4 Å². The predicted octanol–water partition coefficient (Wildman–Crippen LogP) is 3.70. The van der Waals surface area contributed by atoms with Crippen molar-refractivity contribution >= 4 is 37.5 Å². The van der Waals surface area contributed by atoms with Crippen LogP contribution in [0.15, 0.2) is 57.9 Å². The van der Waals surface area contributed by atoms with E-state index in [0.29, 0.717) is 5.69 Å². The molecule has 1 atom stereocenters. The molecule has 0 aliphatic heterocycles. The maximum absolute atomic E-state index is 12.6. The molecule has 0 unspecified atom stereocenters. The molecule has 0 spiro atoms. The number of sulfonamides is 1. The summed E-state index contributed by atoms with van der Waals surface area (Å²) >= 11 is 3.41. The van der Waals surface area contributed by atoms with Gasteiger partial charge < -0.3 is 5.32 Å². The summed E-state index contributed by atoms with van der Waals surface area (Å²) in [7, 11) is -3.78. The fourth-order valence-electron chi connectivity index (χ4n) is 2.27. The Morgan fingerprint density at radius 3 is 2.28 bits per heavy atom. The van der Waals surface area contributed by atoms with E-state index in [9.17, 15) is 13.2 Å². The van der Waals surface area contributed by atoms with Crippen molar-refractivity contribution in [2.24, 2.45) is 5.92 Å². The number of anilines is 1. The number of aryl methyl sites for hydroxylation is 1. The Balaban J connectivity index is 2.20. The number of benzene rings is 2. The van der Waals surface area contributed by atoms with Crippen molar-refractivity contribution in [3.05, 3.63) is 58.6 Å². The van der Waals surface area contributed by atoms with Crippen molar-refractivity contribution in [2.45, 2.75) is 31.7 Å². The Bertz CT molecular complexity index is 852. The minimum atomic E-state index is -3.78. The van der Waals surface area contributed by atoms with Gasteiger partial charge in [-0.2, -0.15) is 4.72 Å². The molecule has 0 saturated heterocycles. The summed E-state index contributed by atoms with van der Waals surface area (Å²) in [4.78, 5) is 12.7. The van der Waals surface area contributed by atoms with Gasteiger partial charge in [0.25, 0.3) is 0 Å². The van der Waals surface area contributed by atoms with Crippen LogP contribution in [0, 0.1) is 12.8 Å².